The molecule has 1 fully saturated rings. The van der Waals surface area contributed by atoms with Gasteiger partial charge >= 0.3 is 0 Å². The second-order valence-corrected chi connectivity index (χ2v) is 7.69. The van der Waals surface area contributed by atoms with Crippen molar-refractivity contribution in [3.8, 4) is 5.75 Å². The van der Waals surface area contributed by atoms with Gasteiger partial charge in [0, 0.05) is 31.1 Å². The van der Waals surface area contributed by atoms with Crippen molar-refractivity contribution in [2.75, 3.05) is 19.7 Å². The summed E-state index contributed by atoms with van der Waals surface area (Å²) < 4.78 is 5.64. The molecule has 1 aliphatic rings. The molecular formula is C24H30N2O3. The molecule has 1 aliphatic heterocycles. The van der Waals surface area contributed by atoms with Crippen LogP contribution in [0.1, 0.15) is 47.2 Å². The maximum atomic E-state index is 12.5. The minimum Gasteiger partial charge on any atom is -0.494 e. The first-order valence-corrected chi connectivity index (χ1v) is 10.4. The molecule has 5 heteroatoms. The fourth-order valence-corrected chi connectivity index (χ4v) is 3.51. The second kappa shape index (κ2) is 10.1. The van der Waals surface area contributed by atoms with E-state index in [0.717, 1.165) is 24.2 Å². The number of rotatable bonds is 7. The zero-order valence-electron chi connectivity index (χ0n) is 17.3. The number of piperidine rings is 1. The van der Waals surface area contributed by atoms with Crippen LogP contribution in [-0.2, 0) is 4.79 Å². The molecular weight excluding hydrogens is 364 g/mol. The number of para-hydroxylation sites is 1. The van der Waals surface area contributed by atoms with Crippen molar-refractivity contribution in [2.45, 2.75) is 45.6 Å². The topological polar surface area (TPSA) is 58.6 Å². The number of benzene rings is 2. The molecule has 0 atom stereocenters. The van der Waals surface area contributed by atoms with E-state index in [9.17, 15) is 9.59 Å². The van der Waals surface area contributed by atoms with E-state index in [1.807, 2.05) is 67.3 Å². The summed E-state index contributed by atoms with van der Waals surface area (Å²) in [6, 6.07) is 15.5. The third-order valence-corrected chi connectivity index (χ3v) is 5.50. The van der Waals surface area contributed by atoms with Gasteiger partial charge in [-0.1, -0.05) is 24.3 Å². The summed E-state index contributed by atoms with van der Waals surface area (Å²) in [7, 11) is 0. The van der Waals surface area contributed by atoms with Crippen molar-refractivity contribution >= 4 is 11.8 Å². The van der Waals surface area contributed by atoms with Crippen LogP contribution in [0.2, 0.25) is 0 Å². The molecule has 0 aliphatic carbocycles. The normalized spacial score (nSPS) is 14.5. The van der Waals surface area contributed by atoms with E-state index >= 15 is 0 Å². The fraction of sp³-hybridized carbons (Fsp3) is 0.417. The van der Waals surface area contributed by atoms with Crippen LogP contribution in [0.25, 0.3) is 0 Å². The highest BCUT2D eigenvalue weighted by atomic mass is 16.5. The molecule has 5 nitrogen and oxygen atoms in total. The van der Waals surface area contributed by atoms with Crippen LogP contribution in [-0.4, -0.2) is 42.5 Å². The third-order valence-electron chi connectivity index (χ3n) is 5.50. The number of amides is 2. The number of carbonyl (C=O) groups excluding carboxylic acids is 2. The summed E-state index contributed by atoms with van der Waals surface area (Å²) in [6.45, 7) is 5.98. The predicted molar refractivity (Wildman–Crippen MR) is 114 cm³/mol. The first kappa shape index (κ1) is 20.9. The Morgan fingerprint density at radius 2 is 1.76 bits per heavy atom. The summed E-state index contributed by atoms with van der Waals surface area (Å²) in [6.07, 6.45) is 2.79. The van der Waals surface area contributed by atoms with Crippen LogP contribution in [0.15, 0.2) is 48.5 Å². The summed E-state index contributed by atoms with van der Waals surface area (Å²) in [4.78, 5) is 26.8. The lowest BCUT2D eigenvalue weighted by Gasteiger charge is -2.32. The van der Waals surface area contributed by atoms with Gasteiger partial charge in [0.2, 0.25) is 5.91 Å². The second-order valence-electron chi connectivity index (χ2n) is 7.69. The van der Waals surface area contributed by atoms with E-state index in [-0.39, 0.29) is 17.9 Å². The van der Waals surface area contributed by atoms with Gasteiger partial charge in [0.1, 0.15) is 5.75 Å². The summed E-state index contributed by atoms with van der Waals surface area (Å²) in [5.74, 6) is 0.969. The monoisotopic (exact) mass is 394 g/mol. The molecule has 29 heavy (non-hydrogen) atoms. The Kier molecular flexibility index (Phi) is 7.28. The van der Waals surface area contributed by atoms with E-state index in [0.29, 0.717) is 38.1 Å². The van der Waals surface area contributed by atoms with E-state index in [4.69, 9.17) is 4.74 Å². The first-order valence-electron chi connectivity index (χ1n) is 10.4. The number of hydrogen-bond acceptors (Lipinski definition) is 3. The molecule has 0 radical (unpaired) electrons. The first-order chi connectivity index (χ1) is 14.0. The van der Waals surface area contributed by atoms with Gasteiger partial charge in [0.15, 0.2) is 0 Å². The van der Waals surface area contributed by atoms with E-state index in [1.165, 1.54) is 5.56 Å². The Hall–Kier alpha value is -2.82. The Morgan fingerprint density at radius 3 is 2.45 bits per heavy atom. The van der Waals surface area contributed by atoms with Crippen molar-refractivity contribution in [1.29, 1.82) is 0 Å². The van der Waals surface area contributed by atoms with Crippen LogP contribution in [0.5, 0.6) is 5.75 Å². The van der Waals surface area contributed by atoms with Gasteiger partial charge in [0.25, 0.3) is 5.91 Å². The van der Waals surface area contributed by atoms with Gasteiger partial charge in [-0.05, 0) is 68.5 Å². The minimum atomic E-state index is -0.0315. The number of ether oxygens (including phenoxy) is 1. The predicted octanol–water partition coefficient (Wildman–Crippen LogP) is 3.88. The summed E-state index contributed by atoms with van der Waals surface area (Å²) >= 11 is 0. The Bertz CT molecular complexity index is 827. The van der Waals surface area contributed by atoms with Crippen molar-refractivity contribution in [3.05, 3.63) is 65.2 Å². The number of nitrogens with one attached hydrogen (secondary N) is 1. The lowest BCUT2D eigenvalue weighted by atomic mass is 10.0. The Balaban J connectivity index is 1.36. The Labute approximate surface area is 173 Å². The molecule has 0 aromatic heterocycles. The van der Waals surface area contributed by atoms with Gasteiger partial charge in [-0.25, -0.2) is 0 Å². The summed E-state index contributed by atoms with van der Waals surface area (Å²) in [5.41, 5.74) is 3.00. The van der Waals surface area contributed by atoms with Gasteiger partial charge in [0.05, 0.1) is 6.61 Å². The average molecular weight is 395 g/mol. The standard InChI is InChI=1S/C24H30N2O3/c1-18-10-11-20(17-19(18)2)24(28)25-21-12-14-26(15-13-21)23(27)9-6-16-29-22-7-4-3-5-8-22/h3-5,7-8,10-11,17,21H,6,9,12-16H2,1-2H3,(H,25,28). The highest BCUT2D eigenvalue weighted by Crippen LogP contribution is 2.15. The van der Waals surface area contributed by atoms with Crippen molar-refractivity contribution in [3.63, 3.8) is 0 Å². The minimum absolute atomic E-state index is 0.0315. The fourth-order valence-electron chi connectivity index (χ4n) is 3.51. The maximum Gasteiger partial charge on any atom is 0.251 e. The largest absolute Gasteiger partial charge is 0.494 e. The highest BCUT2D eigenvalue weighted by Gasteiger charge is 2.24. The molecule has 1 saturated heterocycles. The molecule has 1 heterocycles. The molecule has 1 N–H and O–H groups in total. The highest BCUT2D eigenvalue weighted by molar-refractivity contribution is 5.94. The number of carbonyl (C=O) groups is 2. The van der Waals surface area contributed by atoms with Gasteiger partial charge in [-0.3, -0.25) is 9.59 Å². The van der Waals surface area contributed by atoms with Crippen LogP contribution >= 0.6 is 0 Å². The van der Waals surface area contributed by atoms with E-state index in [1.54, 1.807) is 0 Å². The van der Waals surface area contributed by atoms with Crippen LogP contribution < -0.4 is 10.1 Å². The maximum absolute atomic E-state index is 12.5. The van der Waals surface area contributed by atoms with Crippen molar-refractivity contribution in [1.82, 2.24) is 10.2 Å². The zero-order chi connectivity index (χ0) is 20.6. The Morgan fingerprint density at radius 1 is 1.03 bits per heavy atom. The lowest BCUT2D eigenvalue weighted by molar-refractivity contribution is -0.132. The molecule has 154 valence electrons. The molecule has 0 bridgehead atoms. The molecule has 0 unspecified atom stereocenters. The van der Waals surface area contributed by atoms with Crippen LogP contribution in [0.3, 0.4) is 0 Å². The molecule has 0 spiro atoms. The van der Waals surface area contributed by atoms with Gasteiger partial charge < -0.3 is 15.0 Å². The van der Waals surface area contributed by atoms with E-state index < -0.39 is 0 Å². The zero-order valence-corrected chi connectivity index (χ0v) is 17.3. The molecule has 0 saturated carbocycles. The number of aryl methyl sites for hydroxylation is 2. The third kappa shape index (κ3) is 6.08. The smallest absolute Gasteiger partial charge is 0.251 e. The average Bonchev–Trinajstić information content (AvgIpc) is 2.74. The number of hydrogen-bond donors (Lipinski definition) is 1. The number of nitrogens with zero attached hydrogens (tertiary/aromatic N) is 1. The van der Waals surface area contributed by atoms with Gasteiger partial charge in [-0.15, -0.1) is 0 Å². The molecule has 2 amide bonds. The SMILES string of the molecule is Cc1ccc(C(=O)NC2CCN(C(=O)CCCOc3ccccc3)CC2)cc1C. The van der Waals surface area contributed by atoms with Crippen LogP contribution in [0, 0.1) is 13.8 Å². The van der Waals surface area contributed by atoms with Crippen molar-refractivity contribution < 1.29 is 14.3 Å². The molecule has 2 aromatic carbocycles. The lowest BCUT2D eigenvalue weighted by Crippen LogP contribution is -2.46. The number of likely N-dealkylation sites (tertiary alicyclic amines) is 1. The molecule has 3 rings (SSSR count). The van der Waals surface area contributed by atoms with Crippen molar-refractivity contribution in [2.24, 2.45) is 0 Å². The quantitative estimate of drug-likeness (QED) is 0.725. The van der Waals surface area contributed by atoms with Crippen LogP contribution in [0.4, 0.5) is 0 Å². The van der Waals surface area contributed by atoms with Gasteiger partial charge in [-0.2, -0.15) is 0 Å². The molecule has 2 aromatic rings. The van der Waals surface area contributed by atoms with E-state index in [2.05, 4.69) is 5.32 Å². The summed E-state index contributed by atoms with van der Waals surface area (Å²) in [5, 5.41) is 3.11.